The van der Waals surface area contributed by atoms with Crippen molar-refractivity contribution in [1.82, 2.24) is 25.8 Å². The summed E-state index contributed by atoms with van der Waals surface area (Å²) < 4.78 is 0. The standard InChI is InChI=1S/C16H24N6O2S/c1-10-18-8-12(25-10)9-19-14(17-3)22-6-4-11(5-7-22)16(2)13(23)20-15(24)21-16/h8,11H,4-7,9H2,1-3H3,(H,17,19)(H2,20,21,23,24). The van der Waals surface area contributed by atoms with Gasteiger partial charge in [-0.25, -0.2) is 9.78 Å². The van der Waals surface area contributed by atoms with E-state index in [4.69, 9.17) is 0 Å². The second-order valence-electron chi connectivity index (χ2n) is 6.62. The number of nitrogens with one attached hydrogen (secondary N) is 3. The molecular weight excluding hydrogens is 340 g/mol. The van der Waals surface area contributed by atoms with E-state index in [1.807, 2.05) is 20.0 Å². The number of aliphatic imine (C=N–C) groups is 1. The SMILES string of the molecule is CN=C(NCc1cnc(C)s1)N1CCC(C2(C)NC(=O)NC2=O)CC1. The Morgan fingerprint density at radius 2 is 2.20 bits per heavy atom. The first kappa shape index (κ1) is 17.7. The monoisotopic (exact) mass is 364 g/mol. The molecule has 3 N–H and O–H groups in total. The molecule has 1 aromatic rings. The van der Waals surface area contributed by atoms with Gasteiger partial charge in [-0.2, -0.15) is 0 Å². The normalized spacial score (nSPS) is 25.1. The molecule has 1 aromatic heterocycles. The number of amides is 3. The minimum Gasteiger partial charge on any atom is -0.351 e. The summed E-state index contributed by atoms with van der Waals surface area (Å²) in [6.07, 6.45) is 3.53. The topological polar surface area (TPSA) is 98.7 Å². The number of piperidine rings is 1. The van der Waals surface area contributed by atoms with Crippen LogP contribution in [0.3, 0.4) is 0 Å². The Morgan fingerprint density at radius 3 is 2.72 bits per heavy atom. The first-order chi connectivity index (χ1) is 11.9. The number of aryl methyl sites for hydroxylation is 1. The molecule has 0 spiro atoms. The van der Waals surface area contributed by atoms with Crippen LogP contribution < -0.4 is 16.0 Å². The Bertz CT molecular complexity index is 695. The molecule has 1 unspecified atom stereocenters. The van der Waals surface area contributed by atoms with Crippen LogP contribution in [-0.2, 0) is 11.3 Å². The predicted molar refractivity (Wildman–Crippen MR) is 96.4 cm³/mol. The lowest BCUT2D eigenvalue weighted by molar-refractivity contribution is -0.125. The van der Waals surface area contributed by atoms with Gasteiger partial charge in [0.1, 0.15) is 5.54 Å². The Balaban J connectivity index is 1.55. The highest BCUT2D eigenvalue weighted by atomic mass is 32.1. The van der Waals surface area contributed by atoms with Crippen LogP contribution in [0, 0.1) is 12.8 Å². The van der Waals surface area contributed by atoms with Crippen LogP contribution in [0.5, 0.6) is 0 Å². The number of hydrogen-bond acceptors (Lipinski definition) is 5. The fraction of sp³-hybridized carbons (Fsp3) is 0.625. The van der Waals surface area contributed by atoms with Crippen molar-refractivity contribution in [1.29, 1.82) is 0 Å². The lowest BCUT2D eigenvalue weighted by atomic mass is 9.79. The maximum absolute atomic E-state index is 12.1. The van der Waals surface area contributed by atoms with Crippen molar-refractivity contribution in [2.75, 3.05) is 20.1 Å². The van der Waals surface area contributed by atoms with E-state index < -0.39 is 11.6 Å². The Morgan fingerprint density at radius 1 is 1.48 bits per heavy atom. The Kier molecular flexibility index (Phi) is 4.94. The minimum atomic E-state index is -0.805. The van der Waals surface area contributed by atoms with E-state index in [9.17, 15) is 9.59 Å². The molecule has 3 amide bonds. The summed E-state index contributed by atoms with van der Waals surface area (Å²) in [7, 11) is 1.78. The Labute approximate surface area is 151 Å². The molecule has 0 bridgehead atoms. The van der Waals surface area contributed by atoms with Crippen LogP contribution in [0.15, 0.2) is 11.2 Å². The molecule has 3 rings (SSSR count). The number of likely N-dealkylation sites (tertiary alicyclic amines) is 1. The lowest BCUT2D eigenvalue weighted by Crippen LogP contribution is -2.55. The highest BCUT2D eigenvalue weighted by Crippen LogP contribution is 2.30. The molecule has 2 fully saturated rings. The number of thiazole rings is 1. The summed E-state index contributed by atoms with van der Waals surface area (Å²) >= 11 is 1.67. The fourth-order valence-electron chi connectivity index (χ4n) is 3.50. The van der Waals surface area contributed by atoms with Crippen LogP contribution in [0.2, 0.25) is 0 Å². The van der Waals surface area contributed by atoms with Gasteiger partial charge in [0.05, 0.1) is 11.6 Å². The molecule has 3 heterocycles. The van der Waals surface area contributed by atoms with Crippen molar-refractivity contribution < 1.29 is 9.59 Å². The zero-order valence-electron chi connectivity index (χ0n) is 14.8. The van der Waals surface area contributed by atoms with Crippen molar-refractivity contribution in [2.45, 2.75) is 38.8 Å². The number of carbonyl (C=O) groups excluding carboxylic acids is 2. The molecule has 0 aliphatic carbocycles. The van der Waals surface area contributed by atoms with Gasteiger partial charge in [-0.05, 0) is 32.6 Å². The largest absolute Gasteiger partial charge is 0.351 e. The molecule has 136 valence electrons. The average molecular weight is 364 g/mol. The van der Waals surface area contributed by atoms with Crippen LogP contribution in [0.1, 0.15) is 29.7 Å². The van der Waals surface area contributed by atoms with Crippen LogP contribution >= 0.6 is 11.3 Å². The van der Waals surface area contributed by atoms with Gasteiger partial charge in [-0.1, -0.05) is 0 Å². The summed E-state index contributed by atoms with van der Waals surface area (Å²) in [5.41, 5.74) is -0.805. The maximum Gasteiger partial charge on any atom is 0.322 e. The number of rotatable bonds is 3. The molecule has 2 saturated heterocycles. The number of nitrogens with zero attached hydrogens (tertiary/aromatic N) is 3. The Hall–Kier alpha value is -2.16. The lowest BCUT2D eigenvalue weighted by Gasteiger charge is -2.39. The number of guanidine groups is 1. The van der Waals surface area contributed by atoms with Crippen molar-refractivity contribution in [3.05, 3.63) is 16.1 Å². The highest BCUT2D eigenvalue weighted by molar-refractivity contribution is 7.11. The van der Waals surface area contributed by atoms with Gasteiger partial charge in [-0.3, -0.25) is 15.1 Å². The predicted octanol–water partition coefficient (Wildman–Crippen LogP) is 0.837. The summed E-state index contributed by atoms with van der Waals surface area (Å²) in [5.74, 6) is 0.756. The molecule has 1 atom stereocenters. The van der Waals surface area contributed by atoms with Crippen LogP contribution in [0.4, 0.5) is 4.79 Å². The van der Waals surface area contributed by atoms with Gasteiger partial charge in [0, 0.05) is 31.2 Å². The molecule has 0 aromatic carbocycles. The number of hydrogen-bond donors (Lipinski definition) is 3. The van der Waals surface area contributed by atoms with Gasteiger partial charge in [0.15, 0.2) is 5.96 Å². The second kappa shape index (κ2) is 6.99. The quantitative estimate of drug-likeness (QED) is 0.419. The third-order valence-corrected chi connectivity index (χ3v) is 5.90. The summed E-state index contributed by atoms with van der Waals surface area (Å²) in [4.78, 5) is 35.6. The number of carbonyl (C=O) groups is 2. The third-order valence-electron chi connectivity index (χ3n) is 4.98. The third kappa shape index (κ3) is 3.60. The average Bonchev–Trinajstić information content (AvgIpc) is 3.12. The van der Waals surface area contributed by atoms with E-state index in [0.717, 1.165) is 36.9 Å². The summed E-state index contributed by atoms with van der Waals surface area (Å²) in [5, 5.41) is 9.56. The molecule has 25 heavy (non-hydrogen) atoms. The van der Waals surface area contributed by atoms with E-state index in [1.165, 1.54) is 4.88 Å². The van der Waals surface area contributed by atoms with Gasteiger partial charge in [0.2, 0.25) is 0 Å². The summed E-state index contributed by atoms with van der Waals surface area (Å²) in [6, 6.07) is -0.396. The molecular formula is C16H24N6O2S. The van der Waals surface area contributed by atoms with E-state index >= 15 is 0 Å². The van der Waals surface area contributed by atoms with E-state index in [0.29, 0.717) is 6.54 Å². The zero-order valence-corrected chi connectivity index (χ0v) is 15.6. The molecule has 9 heteroatoms. The minimum absolute atomic E-state index is 0.123. The number of aromatic nitrogens is 1. The molecule has 8 nitrogen and oxygen atoms in total. The number of urea groups is 1. The van der Waals surface area contributed by atoms with Gasteiger partial charge < -0.3 is 15.5 Å². The van der Waals surface area contributed by atoms with Crippen molar-refractivity contribution >= 4 is 29.2 Å². The fourth-order valence-corrected chi connectivity index (χ4v) is 4.23. The maximum atomic E-state index is 12.1. The second-order valence-corrected chi connectivity index (χ2v) is 7.94. The molecule has 2 aliphatic heterocycles. The number of imide groups is 1. The zero-order chi connectivity index (χ0) is 18.0. The van der Waals surface area contributed by atoms with Crippen LogP contribution in [-0.4, -0.2) is 53.5 Å². The first-order valence-corrected chi connectivity index (χ1v) is 9.24. The summed E-state index contributed by atoms with van der Waals surface area (Å²) in [6.45, 7) is 6.10. The highest BCUT2D eigenvalue weighted by Gasteiger charge is 2.48. The van der Waals surface area contributed by atoms with Crippen molar-refractivity contribution in [3.63, 3.8) is 0 Å². The van der Waals surface area contributed by atoms with E-state index in [1.54, 1.807) is 18.4 Å². The van der Waals surface area contributed by atoms with Crippen LogP contribution in [0.25, 0.3) is 0 Å². The molecule has 0 radical (unpaired) electrons. The molecule has 0 saturated carbocycles. The van der Waals surface area contributed by atoms with Gasteiger partial charge >= 0.3 is 6.03 Å². The van der Waals surface area contributed by atoms with E-state index in [2.05, 4.69) is 30.8 Å². The van der Waals surface area contributed by atoms with Crippen molar-refractivity contribution in [3.8, 4) is 0 Å². The van der Waals surface area contributed by atoms with Gasteiger partial charge in [-0.15, -0.1) is 11.3 Å². The first-order valence-electron chi connectivity index (χ1n) is 8.43. The van der Waals surface area contributed by atoms with Crippen molar-refractivity contribution in [2.24, 2.45) is 10.9 Å². The van der Waals surface area contributed by atoms with Gasteiger partial charge in [0.25, 0.3) is 5.91 Å². The van der Waals surface area contributed by atoms with E-state index in [-0.39, 0.29) is 11.8 Å². The smallest absolute Gasteiger partial charge is 0.322 e. The molecule has 2 aliphatic rings.